The molecule has 6 heteroatoms. The number of carbonyl (C=O) groups excluding carboxylic acids is 1. The van der Waals surface area contributed by atoms with Crippen LogP contribution in [0.3, 0.4) is 0 Å². The summed E-state index contributed by atoms with van der Waals surface area (Å²) in [7, 11) is 0. The molecule has 1 aromatic carbocycles. The highest BCUT2D eigenvalue weighted by Crippen LogP contribution is 2.35. The molecule has 3 fully saturated rings. The van der Waals surface area contributed by atoms with Crippen LogP contribution in [-0.4, -0.2) is 57.9 Å². The lowest BCUT2D eigenvalue weighted by Crippen LogP contribution is -2.63. The second-order valence-corrected chi connectivity index (χ2v) is 6.45. The van der Waals surface area contributed by atoms with Gasteiger partial charge in [-0.2, -0.15) is 5.10 Å². The zero-order valence-corrected chi connectivity index (χ0v) is 12.4. The number of rotatable bonds is 3. The summed E-state index contributed by atoms with van der Waals surface area (Å²) in [4.78, 5) is 14.7. The van der Waals surface area contributed by atoms with Gasteiger partial charge in [-0.1, -0.05) is 18.2 Å². The Kier molecular flexibility index (Phi) is 3.16. The first kappa shape index (κ1) is 13.7. The van der Waals surface area contributed by atoms with Crippen molar-refractivity contribution in [1.82, 2.24) is 20.4 Å². The first-order chi connectivity index (χ1) is 10.7. The highest BCUT2D eigenvalue weighted by Gasteiger charge is 2.45. The lowest BCUT2D eigenvalue weighted by atomic mass is 9.75. The summed E-state index contributed by atoms with van der Waals surface area (Å²) in [5.41, 5.74) is 0.424. The van der Waals surface area contributed by atoms with E-state index in [1.165, 1.54) is 0 Å². The molecule has 4 heterocycles. The van der Waals surface area contributed by atoms with E-state index in [1.54, 1.807) is 0 Å². The van der Waals surface area contributed by atoms with E-state index in [0.29, 0.717) is 12.2 Å². The third kappa shape index (κ3) is 2.19. The van der Waals surface area contributed by atoms with Crippen LogP contribution >= 0.6 is 0 Å². The van der Waals surface area contributed by atoms with Crippen molar-refractivity contribution in [2.24, 2.45) is 5.92 Å². The summed E-state index contributed by atoms with van der Waals surface area (Å²) in [5, 5.41) is 21.5. The molecule has 3 N–H and O–H groups in total. The molecule has 2 bridgehead atoms. The Balaban J connectivity index is 1.48. The molecule has 1 unspecified atom stereocenters. The van der Waals surface area contributed by atoms with Gasteiger partial charge in [0.2, 0.25) is 0 Å². The topological polar surface area (TPSA) is 81.2 Å². The molecule has 0 aliphatic carbocycles. The highest BCUT2D eigenvalue weighted by molar-refractivity contribution is 6.04. The van der Waals surface area contributed by atoms with Crippen molar-refractivity contribution in [3.8, 4) is 0 Å². The number of nitrogens with one attached hydrogen (secondary N) is 2. The number of aromatic nitrogens is 2. The predicted molar refractivity (Wildman–Crippen MR) is 82.5 cm³/mol. The van der Waals surface area contributed by atoms with E-state index in [1.807, 2.05) is 24.3 Å². The number of fused-ring (bicyclic) bond motifs is 4. The Morgan fingerprint density at radius 1 is 1.41 bits per heavy atom. The average molecular weight is 300 g/mol. The molecule has 1 atom stereocenters. The van der Waals surface area contributed by atoms with Gasteiger partial charge < -0.3 is 15.3 Å². The standard InChI is InChI=1S/C16H20N4O2/c21-15(14-12-3-1-2-4-13(12)18-19-14)17-9-16(22)10-20-7-5-11(16)6-8-20/h1-4,11,22H,5-10H2,(H,17,21)(H,18,19). The maximum atomic E-state index is 12.4. The quantitative estimate of drug-likeness (QED) is 0.781. The number of para-hydroxylation sites is 1. The van der Waals surface area contributed by atoms with Gasteiger partial charge in [0, 0.05) is 18.5 Å². The van der Waals surface area contributed by atoms with Crippen LogP contribution in [-0.2, 0) is 0 Å². The number of aliphatic hydroxyl groups is 1. The number of nitrogens with zero attached hydrogens (tertiary/aromatic N) is 2. The lowest BCUT2D eigenvalue weighted by molar-refractivity contribution is -0.108. The fourth-order valence-corrected chi connectivity index (χ4v) is 3.80. The molecule has 3 aliphatic rings. The molecule has 0 saturated carbocycles. The molecule has 3 saturated heterocycles. The molecule has 3 aliphatic heterocycles. The Bertz CT molecular complexity index is 705. The minimum Gasteiger partial charge on any atom is -0.386 e. The molecular weight excluding hydrogens is 280 g/mol. The largest absolute Gasteiger partial charge is 0.386 e. The van der Waals surface area contributed by atoms with Crippen LogP contribution in [0.1, 0.15) is 23.3 Å². The van der Waals surface area contributed by atoms with Gasteiger partial charge in [0.25, 0.3) is 5.91 Å². The van der Waals surface area contributed by atoms with E-state index < -0.39 is 5.60 Å². The van der Waals surface area contributed by atoms with Gasteiger partial charge >= 0.3 is 0 Å². The van der Waals surface area contributed by atoms with E-state index in [4.69, 9.17) is 0 Å². The van der Waals surface area contributed by atoms with Gasteiger partial charge in [-0.25, -0.2) is 0 Å². The minimum atomic E-state index is -0.807. The molecule has 116 valence electrons. The molecule has 5 rings (SSSR count). The number of hydrogen-bond donors (Lipinski definition) is 3. The summed E-state index contributed by atoms with van der Waals surface area (Å²) in [5.74, 6) is 0.0519. The maximum absolute atomic E-state index is 12.4. The number of amides is 1. The zero-order chi connectivity index (χ0) is 15.2. The van der Waals surface area contributed by atoms with Gasteiger partial charge in [-0.05, 0) is 37.9 Å². The summed E-state index contributed by atoms with van der Waals surface area (Å²) >= 11 is 0. The van der Waals surface area contributed by atoms with Gasteiger partial charge in [0.15, 0.2) is 5.69 Å². The molecular formula is C16H20N4O2. The summed E-state index contributed by atoms with van der Waals surface area (Å²) in [6.07, 6.45) is 2.02. The summed E-state index contributed by atoms with van der Waals surface area (Å²) in [6.45, 7) is 3.06. The molecule has 1 aromatic heterocycles. The molecule has 0 radical (unpaired) electrons. The fourth-order valence-electron chi connectivity index (χ4n) is 3.80. The van der Waals surface area contributed by atoms with Crippen molar-refractivity contribution in [1.29, 1.82) is 0 Å². The Morgan fingerprint density at radius 3 is 2.91 bits per heavy atom. The number of carbonyl (C=O) groups is 1. The van der Waals surface area contributed by atoms with E-state index in [2.05, 4.69) is 20.4 Å². The normalized spacial score (nSPS) is 30.6. The van der Waals surface area contributed by atoms with Crippen molar-refractivity contribution >= 4 is 16.8 Å². The van der Waals surface area contributed by atoms with Crippen LogP contribution in [0.5, 0.6) is 0 Å². The SMILES string of the molecule is O=C(NCC1(O)CN2CCC1CC2)c1n[nH]c2ccccc12. The lowest BCUT2D eigenvalue weighted by Gasteiger charge is -2.50. The van der Waals surface area contributed by atoms with Crippen molar-refractivity contribution in [2.75, 3.05) is 26.2 Å². The van der Waals surface area contributed by atoms with E-state index in [0.717, 1.165) is 36.8 Å². The highest BCUT2D eigenvalue weighted by atomic mass is 16.3. The Hall–Kier alpha value is -1.92. The zero-order valence-electron chi connectivity index (χ0n) is 12.4. The Morgan fingerprint density at radius 2 is 2.18 bits per heavy atom. The first-order valence-corrected chi connectivity index (χ1v) is 7.82. The van der Waals surface area contributed by atoms with Crippen LogP contribution in [0, 0.1) is 5.92 Å². The summed E-state index contributed by atoms with van der Waals surface area (Å²) in [6, 6.07) is 7.55. The van der Waals surface area contributed by atoms with Crippen LogP contribution in [0.25, 0.3) is 10.9 Å². The fraction of sp³-hybridized carbons (Fsp3) is 0.500. The van der Waals surface area contributed by atoms with Crippen LogP contribution in [0.15, 0.2) is 24.3 Å². The third-order valence-electron chi connectivity index (χ3n) is 5.09. The second-order valence-electron chi connectivity index (χ2n) is 6.45. The smallest absolute Gasteiger partial charge is 0.272 e. The van der Waals surface area contributed by atoms with Crippen LogP contribution in [0.2, 0.25) is 0 Å². The van der Waals surface area contributed by atoms with Crippen molar-refractivity contribution in [3.63, 3.8) is 0 Å². The van der Waals surface area contributed by atoms with E-state index in [-0.39, 0.29) is 18.4 Å². The number of aromatic amines is 1. The molecule has 2 aromatic rings. The van der Waals surface area contributed by atoms with Crippen molar-refractivity contribution < 1.29 is 9.90 Å². The summed E-state index contributed by atoms with van der Waals surface area (Å²) < 4.78 is 0. The second kappa shape index (κ2) is 5.07. The molecule has 22 heavy (non-hydrogen) atoms. The number of benzene rings is 1. The van der Waals surface area contributed by atoms with E-state index >= 15 is 0 Å². The van der Waals surface area contributed by atoms with Crippen LogP contribution in [0.4, 0.5) is 0 Å². The minimum absolute atomic E-state index is 0.234. The van der Waals surface area contributed by atoms with Gasteiger partial charge in [0.1, 0.15) is 0 Å². The van der Waals surface area contributed by atoms with Gasteiger partial charge in [-0.15, -0.1) is 0 Å². The predicted octanol–water partition coefficient (Wildman–Crippen LogP) is 0.749. The number of piperidine rings is 3. The number of H-pyrrole nitrogens is 1. The van der Waals surface area contributed by atoms with Crippen molar-refractivity contribution in [3.05, 3.63) is 30.0 Å². The van der Waals surface area contributed by atoms with Crippen LogP contribution < -0.4 is 5.32 Å². The average Bonchev–Trinajstić information content (AvgIpc) is 2.98. The monoisotopic (exact) mass is 300 g/mol. The molecule has 0 spiro atoms. The first-order valence-electron chi connectivity index (χ1n) is 7.82. The van der Waals surface area contributed by atoms with Gasteiger partial charge in [-0.3, -0.25) is 9.89 Å². The third-order valence-corrected chi connectivity index (χ3v) is 5.09. The molecule has 6 nitrogen and oxygen atoms in total. The maximum Gasteiger partial charge on any atom is 0.272 e. The van der Waals surface area contributed by atoms with E-state index in [9.17, 15) is 9.90 Å². The number of hydrogen-bond acceptors (Lipinski definition) is 4. The Labute approximate surface area is 128 Å². The van der Waals surface area contributed by atoms with Gasteiger partial charge in [0.05, 0.1) is 11.1 Å². The molecule has 1 amide bonds. The van der Waals surface area contributed by atoms with Crippen molar-refractivity contribution in [2.45, 2.75) is 18.4 Å².